The number of hydrogen-bond acceptors (Lipinski definition) is 3. The van der Waals surface area contributed by atoms with Gasteiger partial charge in [-0.3, -0.25) is 0 Å². The highest BCUT2D eigenvalue weighted by molar-refractivity contribution is 9.10. The lowest BCUT2D eigenvalue weighted by atomic mass is 10.1. The summed E-state index contributed by atoms with van der Waals surface area (Å²) in [6.07, 6.45) is -1.49. The van der Waals surface area contributed by atoms with Gasteiger partial charge in [-0.1, -0.05) is 34.1 Å². The summed E-state index contributed by atoms with van der Waals surface area (Å²) >= 11 is 3.27. The van der Waals surface area contributed by atoms with Crippen molar-refractivity contribution in [1.82, 2.24) is 4.98 Å². The Labute approximate surface area is 135 Å². The highest BCUT2D eigenvalue weighted by atomic mass is 79.9. The first-order valence-electron chi connectivity index (χ1n) is 6.44. The Hall–Kier alpha value is -1.54. The van der Waals surface area contributed by atoms with Gasteiger partial charge in [-0.15, -0.1) is 0 Å². The maximum atomic E-state index is 13.4. The fraction of sp³-hybridized carbons (Fsp3) is 0.214. The van der Waals surface area contributed by atoms with Gasteiger partial charge in [-0.25, -0.2) is 26.5 Å². The molecule has 0 N–H and O–H groups in total. The molecule has 0 amide bonds. The third kappa shape index (κ3) is 2.40. The quantitative estimate of drug-likeness (QED) is 0.810. The number of nitrogens with zero attached hydrogens (tertiary/aromatic N) is 2. The van der Waals surface area contributed by atoms with Crippen LogP contribution in [0.2, 0.25) is 0 Å². The second-order valence-electron chi connectivity index (χ2n) is 4.81. The molecule has 0 saturated heterocycles. The van der Waals surface area contributed by atoms with Crippen molar-refractivity contribution >= 4 is 31.8 Å². The molecule has 1 aromatic carbocycles. The number of rotatable bonds is 3. The lowest BCUT2D eigenvalue weighted by Gasteiger charge is -2.25. The van der Waals surface area contributed by atoms with Gasteiger partial charge in [0.2, 0.25) is 0 Å². The highest BCUT2D eigenvalue weighted by Gasteiger charge is 2.44. The molecule has 0 spiro atoms. The molecule has 1 aliphatic heterocycles. The van der Waals surface area contributed by atoms with E-state index in [1.54, 1.807) is 24.3 Å². The minimum atomic E-state index is -4.09. The molecule has 22 heavy (non-hydrogen) atoms. The lowest BCUT2D eigenvalue weighted by Crippen LogP contribution is -2.42. The number of fused-ring (bicyclic) bond motifs is 1. The van der Waals surface area contributed by atoms with Crippen LogP contribution in [0, 0.1) is 0 Å². The first kappa shape index (κ1) is 15.4. The number of aromatic nitrogens is 1. The fourth-order valence-electron chi connectivity index (χ4n) is 2.48. The van der Waals surface area contributed by atoms with E-state index in [1.165, 1.54) is 18.3 Å². The summed E-state index contributed by atoms with van der Waals surface area (Å²) in [5.74, 6) is 0.0588. The summed E-state index contributed by atoms with van der Waals surface area (Å²) in [5, 5.41) is 0. The van der Waals surface area contributed by atoms with Crippen LogP contribution in [-0.2, 0) is 16.4 Å². The number of halogens is 3. The van der Waals surface area contributed by atoms with E-state index in [0.29, 0.717) is 10.0 Å². The molecule has 1 aromatic heterocycles. The molecule has 2 heterocycles. The van der Waals surface area contributed by atoms with Crippen molar-refractivity contribution in [1.29, 1.82) is 0 Å². The number of pyridine rings is 1. The Morgan fingerprint density at radius 2 is 1.91 bits per heavy atom. The Bertz CT molecular complexity index is 800. The van der Waals surface area contributed by atoms with E-state index < -0.39 is 22.5 Å². The molecule has 4 nitrogen and oxygen atoms in total. The minimum absolute atomic E-state index is 0.0322. The van der Waals surface area contributed by atoms with Crippen LogP contribution in [0.1, 0.15) is 5.56 Å². The number of benzene rings is 1. The molecule has 0 saturated carbocycles. The van der Waals surface area contributed by atoms with Crippen LogP contribution in [0.5, 0.6) is 0 Å². The Kier molecular flexibility index (Phi) is 3.90. The van der Waals surface area contributed by atoms with Gasteiger partial charge in [-0.05, 0) is 18.2 Å². The molecule has 3 rings (SSSR count). The second-order valence-corrected chi connectivity index (χ2v) is 7.48. The van der Waals surface area contributed by atoms with Crippen molar-refractivity contribution in [2.24, 2.45) is 0 Å². The van der Waals surface area contributed by atoms with Crippen molar-refractivity contribution in [2.75, 3.05) is 4.31 Å². The Morgan fingerprint density at radius 3 is 2.55 bits per heavy atom. The van der Waals surface area contributed by atoms with Crippen LogP contribution in [0.15, 0.2) is 52.0 Å². The summed E-state index contributed by atoms with van der Waals surface area (Å²) < 4.78 is 53.6. The summed E-state index contributed by atoms with van der Waals surface area (Å²) in [6.45, 7) is 0. The predicted molar refractivity (Wildman–Crippen MR) is 81.5 cm³/mol. The van der Waals surface area contributed by atoms with E-state index >= 15 is 0 Å². The van der Waals surface area contributed by atoms with E-state index in [-0.39, 0.29) is 17.1 Å². The third-order valence-corrected chi connectivity index (χ3v) is 6.06. The van der Waals surface area contributed by atoms with Crippen LogP contribution >= 0.6 is 15.9 Å². The summed E-state index contributed by atoms with van der Waals surface area (Å²) in [6, 6.07) is 7.69. The monoisotopic (exact) mass is 388 g/mol. The molecule has 0 aliphatic carbocycles. The molecule has 1 aliphatic rings. The maximum Gasteiger partial charge on any atom is 0.265 e. The van der Waals surface area contributed by atoms with Gasteiger partial charge in [-0.2, -0.15) is 0 Å². The van der Waals surface area contributed by atoms with E-state index in [1.807, 2.05) is 0 Å². The van der Waals surface area contributed by atoms with Crippen molar-refractivity contribution in [3.8, 4) is 0 Å². The summed E-state index contributed by atoms with van der Waals surface area (Å²) in [4.78, 5) is 3.98. The zero-order valence-electron chi connectivity index (χ0n) is 11.2. The van der Waals surface area contributed by atoms with Crippen LogP contribution < -0.4 is 4.31 Å². The molecule has 2 aromatic rings. The van der Waals surface area contributed by atoms with Gasteiger partial charge in [0.15, 0.2) is 0 Å². The topological polar surface area (TPSA) is 50.3 Å². The average molecular weight is 389 g/mol. The summed E-state index contributed by atoms with van der Waals surface area (Å²) in [7, 11) is -4.09. The standard InChI is InChI=1S/C14H11BrF2N2O2S/c15-11-6-7-18-14-10(11)8-12(13(16)17)19(14)22(20,21)9-4-2-1-3-5-9/h1-7,12-13H,8H2. The van der Waals surface area contributed by atoms with Crippen molar-refractivity contribution in [3.63, 3.8) is 0 Å². The van der Waals surface area contributed by atoms with Crippen molar-refractivity contribution < 1.29 is 17.2 Å². The number of hydrogen-bond donors (Lipinski definition) is 0. The molecule has 1 unspecified atom stereocenters. The molecule has 0 bridgehead atoms. The zero-order chi connectivity index (χ0) is 15.9. The number of anilines is 1. The van der Waals surface area contributed by atoms with E-state index in [2.05, 4.69) is 20.9 Å². The fourth-order valence-corrected chi connectivity index (χ4v) is 4.57. The second kappa shape index (κ2) is 5.58. The number of sulfonamides is 1. The molecule has 0 radical (unpaired) electrons. The molecular formula is C14H11BrF2N2O2S. The van der Waals surface area contributed by atoms with Gasteiger partial charge >= 0.3 is 0 Å². The maximum absolute atomic E-state index is 13.4. The molecule has 8 heteroatoms. The number of alkyl halides is 2. The van der Waals surface area contributed by atoms with Gasteiger partial charge < -0.3 is 0 Å². The predicted octanol–water partition coefficient (Wildman–Crippen LogP) is 3.23. The smallest absolute Gasteiger partial charge is 0.240 e. The molecule has 1 atom stereocenters. The normalized spacial score (nSPS) is 17.8. The largest absolute Gasteiger partial charge is 0.265 e. The Morgan fingerprint density at radius 1 is 1.23 bits per heavy atom. The lowest BCUT2D eigenvalue weighted by molar-refractivity contribution is 0.121. The third-order valence-electron chi connectivity index (χ3n) is 3.49. The van der Waals surface area contributed by atoms with E-state index in [0.717, 1.165) is 4.31 Å². The first-order valence-corrected chi connectivity index (χ1v) is 8.67. The molecule has 0 fully saturated rings. The van der Waals surface area contributed by atoms with Gasteiger partial charge in [0.05, 0.1) is 4.90 Å². The van der Waals surface area contributed by atoms with Gasteiger partial charge in [0, 0.05) is 22.7 Å². The Balaban J connectivity index is 2.18. The van der Waals surface area contributed by atoms with Gasteiger partial charge in [0.25, 0.3) is 16.4 Å². The van der Waals surface area contributed by atoms with E-state index in [9.17, 15) is 17.2 Å². The minimum Gasteiger partial charge on any atom is -0.240 e. The summed E-state index contributed by atoms with van der Waals surface area (Å²) in [5.41, 5.74) is 0.479. The first-order chi connectivity index (χ1) is 10.4. The molecular weight excluding hydrogens is 378 g/mol. The molecule has 116 valence electrons. The van der Waals surface area contributed by atoms with Gasteiger partial charge in [0.1, 0.15) is 11.9 Å². The van der Waals surface area contributed by atoms with Crippen LogP contribution in [0.4, 0.5) is 14.6 Å². The van der Waals surface area contributed by atoms with Crippen LogP contribution in [-0.4, -0.2) is 25.9 Å². The van der Waals surface area contributed by atoms with Crippen LogP contribution in [0.3, 0.4) is 0 Å². The SMILES string of the molecule is O=S(=O)(c1ccccc1)N1c2nccc(Br)c2CC1C(F)F. The van der Waals surface area contributed by atoms with Crippen molar-refractivity contribution in [2.45, 2.75) is 23.8 Å². The van der Waals surface area contributed by atoms with Crippen molar-refractivity contribution in [3.05, 3.63) is 52.6 Å². The highest BCUT2D eigenvalue weighted by Crippen LogP contribution is 2.40. The van der Waals surface area contributed by atoms with Crippen LogP contribution in [0.25, 0.3) is 0 Å². The average Bonchev–Trinajstić information content (AvgIpc) is 2.90. The zero-order valence-corrected chi connectivity index (χ0v) is 13.6. The van der Waals surface area contributed by atoms with E-state index in [4.69, 9.17) is 0 Å².